The first kappa shape index (κ1) is 13.5. The van der Waals surface area contributed by atoms with E-state index < -0.39 is 0 Å². The van der Waals surface area contributed by atoms with Crippen molar-refractivity contribution in [2.24, 2.45) is 41.4 Å². The monoisotopic (exact) mass is 308 g/mol. The Morgan fingerprint density at radius 3 is 2.65 bits per heavy atom. The third-order valence-electron chi connectivity index (χ3n) is 6.55. The number of aryl methyl sites for hydroxylation is 1. The maximum Gasteiger partial charge on any atom is 0.147 e. The van der Waals surface area contributed by atoms with E-state index in [0.717, 1.165) is 12.2 Å². The van der Waals surface area contributed by atoms with Crippen molar-refractivity contribution in [2.75, 3.05) is 6.61 Å². The van der Waals surface area contributed by atoms with E-state index in [0.29, 0.717) is 24.1 Å². The van der Waals surface area contributed by atoms with Gasteiger partial charge in [-0.2, -0.15) is 0 Å². The topological polar surface area (TPSA) is 43.4 Å². The summed E-state index contributed by atoms with van der Waals surface area (Å²) in [6.07, 6.45) is 5.02. The molecule has 7 unspecified atom stereocenters. The van der Waals surface area contributed by atoms with Gasteiger partial charge in [0.2, 0.25) is 0 Å². The maximum atomic E-state index is 12.7. The molecule has 0 aliphatic heterocycles. The van der Waals surface area contributed by atoms with Gasteiger partial charge in [-0.15, -0.1) is 0 Å². The summed E-state index contributed by atoms with van der Waals surface area (Å²) in [6.45, 7) is 2.64. The van der Waals surface area contributed by atoms with Crippen LogP contribution in [0.2, 0.25) is 0 Å². The Kier molecular flexibility index (Phi) is 2.68. The molecule has 3 saturated carbocycles. The number of hydrogen-bond acceptors (Lipinski definition) is 3. The van der Waals surface area contributed by atoms with Gasteiger partial charge >= 0.3 is 0 Å². The van der Waals surface area contributed by atoms with Crippen molar-refractivity contribution >= 4 is 11.6 Å². The van der Waals surface area contributed by atoms with Gasteiger partial charge in [0.05, 0.1) is 6.61 Å². The molecule has 0 radical (unpaired) electrons. The van der Waals surface area contributed by atoms with Crippen LogP contribution in [0, 0.1) is 48.3 Å². The highest BCUT2D eigenvalue weighted by atomic mass is 16.5. The van der Waals surface area contributed by atoms with Crippen molar-refractivity contribution in [3.63, 3.8) is 0 Å². The van der Waals surface area contributed by atoms with E-state index in [2.05, 4.69) is 12.2 Å². The van der Waals surface area contributed by atoms with Gasteiger partial charge in [-0.25, -0.2) is 0 Å². The Labute approximate surface area is 135 Å². The molecule has 4 aliphatic rings. The molecule has 0 spiro atoms. The summed E-state index contributed by atoms with van der Waals surface area (Å²) in [5.74, 6) is 2.65. The number of Topliss-reactive ketones (excluding diaryl/α,β-unsaturated/α-hetero) is 2. The molecule has 1 aromatic carbocycles. The normalized spacial score (nSPS) is 42.6. The van der Waals surface area contributed by atoms with Crippen LogP contribution in [0.5, 0.6) is 5.75 Å². The summed E-state index contributed by atoms with van der Waals surface area (Å²) in [5, 5.41) is 0. The summed E-state index contributed by atoms with van der Waals surface area (Å²) in [7, 11) is 0. The minimum absolute atomic E-state index is 0.00530. The van der Waals surface area contributed by atoms with Crippen molar-refractivity contribution in [1.29, 1.82) is 0 Å². The second-order valence-corrected chi connectivity index (χ2v) is 7.65. The first-order valence-corrected chi connectivity index (χ1v) is 8.60. The maximum absolute atomic E-state index is 12.7. The summed E-state index contributed by atoms with van der Waals surface area (Å²) in [5.41, 5.74) is 1.18. The number of ketones is 2. The zero-order chi connectivity index (χ0) is 15.7. The van der Waals surface area contributed by atoms with Crippen LogP contribution in [0.4, 0.5) is 0 Å². The lowest BCUT2D eigenvalue weighted by molar-refractivity contribution is -0.125. The Hall–Kier alpha value is -1.90. The van der Waals surface area contributed by atoms with Crippen LogP contribution in [-0.2, 0) is 9.59 Å². The smallest absolute Gasteiger partial charge is 0.147 e. The van der Waals surface area contributed by atoms with Crippen molar-refractivity contribution in [1.82, 2.24) is 0 Å². The molecule has 0 amide bonds. The van der Waals surface area contributed by atoms with Crippen molar-refractivity contribution in [3.8, 4) is 5.75 Å². The fourth-order valence-corrected chi connectivity index (χ4v) is 5.75. The molecule has 3 fully saturated rings. The quantitative estimate of drug-likeness (QED) is 0.637. The summed E-state index contributed by atoms with van der Waals surface area (Å²) >= 11 is 0. The number of ether oxygens (including phenoxy) is 1. The van der Waals surface area contributed by atoms with E-state index in [4.69, 9.17) is 4.74 Å². The molecular weight excluding hydrogens is 288 g/mol. The zero-order valence-electron chi connectivity index (χ0n) is 13.1. The summed E-state index contributed by atoms with van der Waals surface area (Å²) in [4.78, 5) is 25.0. The Bertz CT molecular complexity index is 734. The minimum atomic E-state index is 0.00530. The predicted molar refractivity (Wildman–Crippen MR) is 84.9 cm³/mol. The summed E-state index contributed by atoms with van der Waals surface area (Å²) < 4.78 is 5.97. The van der Waals surface area contributed by atoms with E-state index in [1.165, 1.54) is 5.56 Å². The number of hydrogen-bond donors (Lipinski definition) is 0. The van der Waals surface area contributed by atoms with Gasteiger partial charge in [0, 0.05) is 29.6 Å². The van der Waals surface area contributed by atoms with Gasteiger partial charge in [0.25, 0.3) is 0 Å². The van der Waals surface area contributed by atoms with Crippen LogP contribution < -0.4 is 4.74 Å². The molecule has 4 aliphatic carbocycles. The Morgan fingerprint density at radius 1 is 1.09 bits per heavy atom. The molecule has 7 atom stereocenters. The van der Waals surface area contributed by atoms with Gasteiger partial charge in [-0.3, -0.25) is 9.59 Å². The van der Waals surface area contributed by atoms with Crippen LogP contribution in [0.25, 0.3) is 0 Å². The predicted octanol–water partition coefficient (Wildman–Crippen LogP) is 2.83. The highest BCUT2D eigenvalue weighted by molar-refractivity contribution is 5.98. The molecule has 0 N–H and O–H groups in total. The number of carbonyl (C=O) groups excluding carboxylic acids is 2. The number of allylic oxidation sites excluding steroid dienone is 2. The molecule has 0 saturated heterocycles. The largest absolute Gasteiger partial charge is 0.493 e. The van der Waals surface area contributed by atoms with Crippen LogP contribution in [-0.4, -0.2) is 18.2 Å². The molecular formula is C20H20O3. The molecule has 0 heterocycles. The van der Waals surface area contributed by atoms with Crippen molar-refractivity contribution in [3.05, 3.63) is 42.0 Å². The van der Waals surface area contributed by atoms with Gasteiger partial charge in [-0.05, 0) is 42.9 Å². The average Bonchev–Trinajstić information content (AvgIpc) is 3.23. The lowest BCUT2D eigenvalue weighted by Gasteiger charge is -2.34. The van der Waals surface area contributed by atoms with Crippen LogP contribution in [0.1, 0.15) is 12.0 Å². The molecule has 1 aromatic rings. The van der Waals surface area contributed by atoms with Crippen molar-refractivity contribution in [2.45, 2.75) is 13.3 Å². The van der Waals surface area contributed by atoms with Crippen LogP contribution >= 0.6 is 0 Å². The van der Waals surface area contributed by atoms with E-state index in [1.807, 2.05) is 31.2 Å². The van der Waals surface area contributed by atoms with E-state index in [1.54, 1.807) is 0 Å². The van der Waals surface area contributed by atoms with Crippen molar-refractivity contribution < 1.29 is 14.3 Å². The highest BCUT2D eigenvalue weighted by Crippen LogP contribution is 2.64. The Balaban J connectivity index is 1.36. The second-order valence-electron chi connectivity index (χ2n) is 7.65. The number of carbonyl (C=O) groups is 2. The SMILES string of the molecule is Cc1cccc(OCC2CC3C(=O)C2C2C4C=CC(C4=O)C32)c1. The van der Waals surface area contributed by atoms with Gasteiger partial charge in [0.15, 0.2) is 0 Å². The molecule has 3 heteroatoms. The fraction of sp³-hybridized carbons (Fsp3) is 0.500. The molecule has 0 aromatic heterocycles. The zero-order valence-corrected chi connectivity index (χ0v) is 13.1. The third-order valence-corrected chi connectivity index (χ3v) is 6.55. The molecule has 4 bridgehead atoms. The summed E-state index contributed by atoms with van der Waals surface area (Å²) in [6, 6.07) is 8.04. The molecule has 5 rings (SSSR count). The first-order chi connectivity index (χ1) is 11.1. The van der Waals surface area contributed by atoms with Gasteiger partial charge < -0.3 is 4.74 Å². The average molecular weight is 308 g/mol. The third kappa shape index (κ3) is 1.71. The van der Waals surface area contributed by atoms with Gasteiger partial charge in [0.1, 0.15) is 17.3 Å². The number of fused-ring (bicyclic) bond motifs is 9. The van der Waals surface area contributed by atoms with E-state index >= 15 is 0 Å². The molecule has 118 valence electrons. The Morgan fingerprint density at radius 2 is 1.87 bits per heavy atom. The second kappa shape index (κ2) is 4.56. The lowest BCUT2D eigenvalue weighted by atomic mass is 9.69. The van der Waals surface area contributed by atoms with Gasteiger partial charge in [-0.1, -0.05) is 24.3 Å². The first-order valence-electron chi connectivity index (χ1n) is 8.60. The number of rotatable bonds is 3. The van der Waals surface area contributed by atoms with E-state index in [-0.39, 0.29) is 35.5 Å². The lowest BCUT2D eigenvalue weighted by Crippen LogP contribution is -2.33. The highest BCUT2D eigenvalue weighted by Gasteiger charge is 2.68. The van der Waals surface area contributed by atoms with E-state index in [9.17, 15) is 9.59 Å². The fourth-order valence-electron chi connectivity index (χ4n) is 5.75. The van der Waals surface area contributed by atoms with Crippen LogP contribution in [0.15, 0.2) is 36.4 Å². The molecule has 3 nitrogen and oxygen atoms in total. The minimum Gasteiger partial charge on any atom is -0.493 e. The number of benzene rings is 1. The van der Waals surface area contributed by atoms with Crippen LogP contribution in [0.3, 0.4) is 0 Å². The standard InChI is InChI=1S/C20H20O3/c1-10-3-2-4-12(7-10)23-9-11-8-15-17-13-5-6-14(19(13)21)18(17)16(11)20(15)22/h2-7,11,13-18H,8-9H2,1H3. The molecule has 23 heavy (non-hydrogen) atoms.